The van der Waals surface area contributed by atoms with E-state index in [1.54, 1.807) is 4.68 Å². The van der Waals surface area contributed by atoms with Gasteiger partial charge in [0, 0.05) is 12.1 Å². The van der Waals surface area contributed by atoms with Gasteiger partial charge in [-0.1, -0.05) is 35.0 Å². The Bertz CT molecular complexity index is 943. The minimum absolute atomic E-state index is 0.0610. The number of aromatic amines is 1. The molecule has 0 spiro atoms. The molecule has 0 radical (unpaired) electrons. The normalized spacial score (nSPS) is 12.6. The molecule has 2 aromatic carbocycles. The van der Waals surface area contributed by atoms with Gasteiger partial charge in [-0.05, 0) is 35.4 Å². The smallest absolute Gasteiger partial charge is 0.137 e. The fourth-order valence-corrected chi connectivity index (χ4v) is 2.87. The molecule has 0 aliphatic rings. The van der Waals surface area contributed by atoms with E-state index in [2.05, 4.69) is 31.6 Å². The summed E-state index contributed by atoms with van der Waals surface area (Å²) >= 11 is 6.02. The van der Waals surface area contributed by atoms with E-state index in [1.807, 2.05) is 43.4 Å². The Labute approximate surface area is 137 Å². The average Bonchev–Trinajstić information content (AvgIpc) is 3.21. The molecule has 2 heterocycles. The molecule has 0 saturated heterocycles. The van der Waals surface area contributed by atoms with E-state index in [0.29, 0.717) is 5.02 Å². The van der Waals surface area contributed by atoms with Crippen LogP contribution in [0.2, 0.25) is 5.02 Å². The summed E-state index contributed by atoms with van der Waals surface area (Å²) < 4.78 is 1.76. The minimum Gasteiger partial charge on any atom is -0.263 e. The summed E-state index contributed by atoms with van der Waals surface area (Å²) in [5, 5.41) is 15.8. The third-order valence-corrected chi connectivity index (χ3v) is 4.13. The Hall–Kier alpha value is -2.73. The van der Waals surface area contributed by atoms with Gasteiger partial charge >= 0.3 is 0 Å². The van der Waals surface area contributed by atoms with Crippen LogP contribution in [0.3, 0.4) is 0 Å². The van der Waals surface area contributed by atoms with Crippen molar-refractivity contribution in [1.82, 2.24) is 30.2 Å². The number of fused-ring (bicyclic) bond motifs is 1. The Morgan fingerprint density at radius 1 is 1.09 bits per heavy atom. The van der Waals surface area contributed by atoms with Crippen molar-refractivity contribution in [3.63, 3.8) is 0 Å². The number of hydrogen-bond donors (Lipinski definition) is 1. The van der Waals surface area contributed by atoms with Crippen molar-refractivity contribution < 1.29 is 0 Å². The molecular formula is C16H13ClN6. The lowest BCUT2D eigenvalue weighted by molar-refractivity contribution is 0.736. The number of nitrogens with zero attached hydrogens (tertiary/aromatic N) is 5. The number of rotatable bonds is 3. The maximum absolute atomic E-state index is 6.02. The molecule has 0 bridgehead atoms. The molecule has 0 aliphatic heterocycles. The third-order valence-electron chi connectivity index (χ3n) is 3.88. The molecule has 2 aromatic heterocycles. The quantitative estimate of drug-likeness (QED) is 0.629. The van der Waals surface area contributed by atoms with Gasteiger partial charge in [0.15, 0.2) is 0 Å². The number of halogens is 1. The van der Waals surface area contributed by atoms with Crippen molar-refractivity contribution in [2.75, 3.05) is 0 Å². The molecule has 1 unspecified atom stereocenters. The highest BCUT2D eigenvalue weighted by Gasteiger charge is 2.20. The highest BCUT2D eigenvalue weighted by Crippen LogP contribution is 2.31. The van der Waals surface area contributed by atoms with E-state index in [-0.39, 0.29) is 5.92 Å². The van der Waals surface area contributed by atoms with Crippen molar-refractivity contribution in [1.29, 1.82) is 0 Å². The van der Waals surface area contributed by atoms with Gasteiger partial charge in [-0.25, -0.2) is 9.67 Å². The van der Waals surface area contributed by atoms with Crippen LogP contribution in [0.25, 0.3) is 11.0 Å². The molecule has 0 aliphatic carbocycles. The zero-order valence-corrected chi connectivity index (χ0v) is 13.1. The van der Waals surface area contributed by atoms with Crippen LogP contribution in [0.4, 0.5) is 0 Å². The number of aryl methyl sites for hydroxylation is 1. The van der Waals surface area contributed by atoms with Crippen molar-refractivity contribution in [2.24, 2.45) is 7.05 Å². The third kappa shape index (κ3) is 2.47. The van der Waals surface area contributed by atoms with E-state index in [1.165, 1.54) is 6.33 Å². The predicted molar refractivity (Wildman–Crippen MR) is 87.3 cm³/mol. The SMILES string of the molecule is Cn1nnc2ccc(C(c3ccc(Cl)cc3)c3ncn[nH]3)cc21. The second kappa shape index (κ2) is 5.48. The molecule has 114 valence electrons. The first-order chi connectivity index (χ1) is 11.2. The van der Waals surface area contributed by atoms with Gasteiger partial charge in [0.1, 0.15) is 17.7 Å². The minimum atomic E-state index is -0.0610. The maximum atomic E-state index is 6.02. The fourth-order valence-electron chi connectivity index (χ4n) is 2.74. The summed E-state index contributed by atoms with van der Waals surface area (Å²) in [7, 11) is 1.88. The molecule has 7 heteroatoms. The van der Waals surface area contributed by atoms with Crippen LogP contribution in [-0.2, 0) is 7.05 Å². The zero-order valence-electron chi connectivity index (χ0n) is 12.3. The van der Waals surface area contributed by atoms with Crippen LogP contribution in [0.15, 0.2) is 48.8 Å². The summed E-state index contributed by atoms with van der Waals surface area (Å²) in [5.74, 6) is 0.718. The van der Waals surface area contributed by atoms with E-state index >= 15 is 0 Å². The summed E-state index contributed by atoms with van der Waals surface area (Å²) in [6.07, 6.45) is 1.52. The van der Waals surface area contributed by atoms with Gasteiger partial charge in [-0.15, -0.1) is 5.10 Å². The first kappa shape index (κ1) is 13.9. The summed E-state index contributed by atoms with van der Waals surface area (Å²) in [4.78, 5) is 4.34. The second-order valence-corrected chi connectivity index (χ2v) is 5.75. The average molecular weight is 325 g/mol. The first-order valence-corrected chi connectivity index (χ1v) is 7.50. The van der Waals surface area contributed by atoms with Crippen LogP contribution >= 0.6 is 11.6 Å². The van der Waals surface area contributed by atoms with Crippen LogP contribution in [0.5, 0.6) is 0 Å². The van der Waals surface area contributed by atoms with Crippen LogP contribution in [0, 0.1) is 0 Å². The van der Waals surface area contributed by atoms with E-state index in [4.69, 9.17) is 11.6 Å². The molecule has 23 heavy (non-hydrogen) atoms. The highest BCUT2D eigenvalue weighted by molar-refractivity contribution is 6.30. The Morgan fingerprint density at radius 3 is 2.61 bits per heavy atom. The summed E-state index contributed by atoms with van der Waals surface area (Å²) in [6, 6.07) is 13.9. The van der Waals surface area contributed by atoms with Gasteiger partial charge in [-0.2, -0.15) is 5.10 Å². The van der Waals surface area contributed by atoms with E-state index in [9.17, 15) is 0 Å². The monoisotopic (exact) mass is 324 g/mol. The lowest BCUT2D eigenvalue weighted by Crippen LogP contribution is -2.06. The lowest BCUT2D eigenvalue weighted by atomic mass is 9.90. The van der Waals surface area contributed by atoms with Crippen LogP contribution in [-0.4, -0.2) is 30.2 Å². The van der Waals surface area contributed by atoms with E-state index in [0.717, 1.165) is 28.0 Å². The molecular weight excluding hydrogens is 312 g/mol. The fraction of sp³-hybridized carbons (Fsp3) is 0.125. The summed E-state index contributed by atoms with van der Waals surface area (Å²) in [5.41, 5.74) is 4.01. The lowest BCUT2D eigenvalue weighted by Gasteiger charge is -2.15. The highest BCUT2D eigenvalue weighted by atomic mass is 35.5. The molecule has 0 saturated carbocycles. The predicted octanol–water partition coefficient (Wildman–Crippen LogP) is 2.92. The number of H-pyrrole nitrogens is 1. The number of benzene rings is 2. The first-order valence-electron chi connectivity index (χ1n) is 7.12. The molecule has 0 amide bonds. The molecule has 4 rings (SSSR count). The number of hydrogen-bond acceptors (Lipinski definition) is 4. The van der Waals surface area contributed by atoms with E-state index < -0.39 is 0 Å². The number of aromatic nitrogens is 6. The standard InChI is InChI=1S/C16H13ClN6/c1-23-14-8-11(4-7-13(14)20-22-23)15(16-18-9-19-21-16)10-2-5-12(17)6-3-10/h2-9,15H,1H3,(H,18,19,21). The topological polar surface area (TPSA) is 72.3 Å². The Morgan fingerprint density at radius 2 is 1.87 bits per heavy atom. The van der Waals surface area contributed by atoms with Crippen molar-refractivity contribution in [3.05, 3.63) is 70.8 Å². The van der Waals surface area contributed by atoms with Gasteiger partial charge < -0.3 is 0 Å². The molecule has 1 N–H and O–H groups in total. The van der Waals surface area contributed by atoms with Crippen molar-refractivity contribution in [2.45, 2.75) is 5.92 Å². The second-order valence-electron chi connectivity index (χ2n) is 5.32. The summed E-state index contributed by atoms with van der Waals surface area (Å²) in [6.45, 7) is 0. The maximum Gasteiger partial charge on any atom is 0.137 e. The zero-order chi connectivity index (χ0) is 15.8. The molecule has 4 aromatic rings. The van der Waals surface area contributed by atoms with Gasteiger partial charge in [0.2, 0.25) is 0 Å². The van der Waals surface area contributed by atoms with Crippen molar-refractivity contribution >= 4 is 22.6 Å². The Balaban J connectivity index is 1.89. The van der Waals surface area contributed by atoms with Crippen LogP contribution < -0.4 is 0 Å². The molecule has 1 atom stereocenters. The molecule has 0 fully saturated rings. The molecule has 6 nitrogen and oxygen atoms in total. The van der Waals surface area contributed by atoms with Crippen LogP contribution in [0.1, 0.15) is 22.9 Å². The Kier molecular flexibility index (Phi) is 3.31. The van der Waals surface area contributed by atoms with Gasteiger partial charge in [0.05, 0.1) is 11.4 Å². The van der Waals surface area contributed by atoms with Crippen molar-refractivity contribution in [3.8, 4) is 0 Å². The largest absolute Gasteiger partial charge is 0.263 e. The number of nitrogens with one attached hydrogen (secondary N) is 1. The van der Waals surface area contributed by atoms with Gasteiger partial charge in [-0.3, -0.25) is 5.10 Å². The van der Waals surface area contributed by atoms with Gasteiger partial charge in [0.25, 0.3) is 0 Å².